The SMILES string of the molecule is Cc1ccccc1C(OC1CC2CCCC(C1)N2C)c1ccccc1. The van der Waals surface area contributed by atoms with Crippen molar-refractivity contribution in [3.63, 3.8) is 0 Å². The van der Waals surface area contributed by atoms with E-state index < -0.39 is 0 Å². The molecule has 2 heteroatoms. The predicted molar refractivity (Wildman–Crippen MR) is 103 cm³/mol. The van der Waals surface area contributed by atoms with Crippen LogP contribution in [0, 0.1) is 6.92 Å². The first-order chi connectivity index (χ1) is 12.2. The maximum atomic E-state index is 6.80. The van der Waals surface area contributed by atoms with Crippen molar-refractivity contribution >= 4 is 0 Å². The molecule has 0 N–H and O–H groups in total. The Bertz CT molecular complexity index is 684. The molecule has 0 aromatic heterocycles. The monoisotopic (exact) mass is 335 g/mol. The van der Waals surface area contributed by atoms with E-state index in [1.165, 1.54) is 48.8 Å². The standard InChI is InChI=1S/C23H29NO/c1-17-9-6-7-14-22(17)23(18-10-4-3-5-11-18)25-21-15-19-12-8-13-20(16-21)24(19)2/h3-7,9-11,14,19-21,23H,8,12-13,15-16H2,1-2H3. The van der Waals surface area contributed by atoms with E-state index >= 15 is 0 Å². The second-order valence-electron chi connectivity index (χ2n) is 7.78. The lowest BCUT2D eigenvalue weighted by Gasteiger charge is -2.47. The summed E-state index contributed by atoms with van der Waals surface area (Å²) < 4.78 is 6.80. The van der Waals surface area contributed by atoms with Crippen LogP contribution in [0.4, 0.5) is 0 Å². The zero-order chi connectivity index (χ0) is 17.2. The quantitative estimate of drug-likeness (QED) is 0.769. The Kier molecular flexibility index (Phi) is 4.91. The lowest BCUT2D eigenvalue weighted by molar-refractivity contribution is -0.0721. The molecule has 4 rings (SSSR count). The van der Waals surface area contributed by atoms with Crippen LogP contribution < -0.4 is 0 Å². The molecule has 2 fully saturated rings. The van der Waals surface area contributed by atoms with E-state index in [1.54, 1.807) is 0 Å². The molecule has 2 aromatic carbocycles. The van der Waals surface area contributed by atoms with Gasteiger partial charge in [-0.2, -0.15) is 0 Å². The van der Waals surface area contributed by atoms with Gasteiger partial charge in [-0.3, -0.25) is 0 Å². The fourth-order valence-corrected chi connectivity index (χ4v) is 4.71. The number of nitrogens with zero attached hydrogens (tertiary/aromatic N) is 1. The third-order valence-corrected chi connectivity index (χ3v) is 6.20. The number of aryl methyl sites for hydroxylation is 1. The zero-order valence-corrected chi connectivity index (χ0v) is 15.4. The number of fused-ring (bicyclic) bond motifs is 2. The number of rotatable bonds is 4. The molecule has 2 bridgehead atoms. The van der Waals surface area contributed by atoms with E-state index in [4.69, 9.17) is 4.74 Å². The van der Waals surface area contributed by atoms with Crippen LogP contribution in [0.1, 0.15) is 54.9 Å². The summed E-state index contributed by atoms with van der Waals surface area (Å²) in [6.07, 6.45) is 6.77. The van der Waals surface area contributed by atoms with Gasteiger partial charge in [-0.1, -0.05) is 61.0 Å². The van der Waals surface area contributed by atoms with Gasteiger partial charge in [0.1, 0.15) is 6.10 Å². The number of ether oxygens (including phenoxy) is 1. The molecule has 2 saturated heterocycles. The molecule has 2 aliphatic heterocycles. The zero-order valence-electron chi connectivity index (χ0n) is 15.4. The Morgan fingerprint density at radius 3 is 2.24 bits per heavy atom. The number of piperidine rings is 2. The van der Waals surface area contributed by atoms with Crippen molar-refractivity contribution in [1.29, 1.82) is 0 Å². The molecule has 2 heterocycles. The summed E-state index contributed by atoms with van der Waals surface area (Å²) in [6.45, 7) is 2.19. The summed E-state index contributed by atoms with van der Waals surface area (Å²) >= 11 is 0. The molecule has 0 amide bonds. The molecule has 3 unspecified atom stereocenters. The molecular weight excluding hydrogens is 306 g/mol. The van der Waals surface area contributed by atoms with Crippen LogP contribution in [0.2, 0.25) is 0 Å². The maximum Gasteiger partial charge on any atom is 0.108 e. The molecule has 0 aliphatic carbocycles. The number of benzene rings is 2. The summed E-state index contributed by atoms with van der Waals surface area (Å²) in [5.41, 5.74) is 3.88. The van der Waals surface area contributed by atoms with Crippen LogP contribution in [0.5, 0.6) is 0 Å². The average Bonchev–Trinajstić information content (AvgIpc) is 2.62. The van der Waals surface area contributed by atoms with Crippen LogP contribution in [0.15, 0.2) is 54.6 Å². The van der Waals surface area contributed by atoms with Gasteiger partial charge >= 0.3 is 0 Å². The number of hydrogen-bond donors (Lipinski definition) is 0. The summed E-state index contributed by atoms with van der Waals surface area (Å²) in [4.78, 5) is 2.61. The normalized spacial score (nSPS) is 27.8. The van der Waals surface area contributed by atoms with Gasteiger partial charge < -0.3 is 9.64 Å². The molecular formula is C23H29NO. The third kappa shape index (κ3) is 3.51. The van der Waals surface area contributed by atoms with Gasteiger partial charge in [-0.25, -0.2) is 0 Å². The van der Waals surface area contributed by atoms with E-state index in [0.29, 0.717) is 18.2 Å². The largest absolute Gasteiger partial charge is 0.365 e. The van der Waals surface area contributed by atoms with Gasteiger partial charge in [0.15, 0.2) is 0 Å². The Labute approximate surface area is 151 Å². The second kappa shape index (κ2) is 7.31. The topological polar surface area (TPSA) is 12.5 Å². The van der Waals surface area contributed by atoms with Crippen molar-refractivity contribution in [2.75, 3.05) is 7.05 Å². The lowest BCUT2D eigenvalue weighted by Crippen LogP contribution is -2.51. The fraction of sp³-hybridized carbons (Fsp3) is 0.478. The molecule has 25 heavy (non-hydrogen) atoms. The van der Waals surface area contributed by atoms with Crippen molar-refractivity contribution in [1.82, 2.24) is 4.90 Å². The van der Waals surface area contributed by atoms with Gasteiger partial charge in [-0.05, 0) is 56.3 Å². The third-order valence-electron chi connectivity index (χ3n) is 6.20. The van der Waals surface area contributed by atoms with Gasteiger partial charge in [0, 0.05) is 12.1 Å². The summed E-state index contributed by atoms with van der Waals surface area (Å²) in [5, 5.41) is 0. The molecule has 0 saturated carbocycles. The average molecular weight is 335 g/mol. The molecule has 3 atom stereocenters. The van der Waals surface area contributed by atoms with Gasteiger partial charge in [-0.15, -0.1) is 0 Å². The predicted octanol–water partition coefficient (Wildman–Crippen LogP) is 5.12. The number of hydrogen-bond acceptors (Lipinski definition) is 2. The molecule has 2 aromatic rings. The van der Waals surface area contributed by atoms with Gasteiger partial charge in [0.25, 0.3) is 0 Å². The highest BCUT2D eigenvalue weighted by Crippen LogP contribution is 2.38. The fourth-order valence-electron chi connectivity index (χ4n) is 4.71. The summed E-state index contributed by atoms with van der Waals surface area (Å²) in [5.74, 6) is 0. The van der Waals surface area contributed by atoms with E-state index in [-0.39, 0.29) is 6.10 Å². The van der Waals surface area contributed by atoms with Gasteiger partial charge in [0.05, 0.1) is 6.10 Å². The van der Waals surface area contributed by atoms with Crippen LogP contribution in [-0.2, 0) is 4.74 Å². The first-order valence-electron chi connectivity index (χ1n) is 9.70. The van der Waals surface area contributed by atoms with E-state index in [2.05, 4.69) is 73.5 Å². The van der Waals surface area contributed by atoms with Crippen molar-refractivity contribution in [2.24, 2.45) is 0 Å². The van der Waals surface area contributed by atoms with Crippen LogP contribution in [0.25, 0.3) is 0 Å². The van der Waals surface area contributed by atoms with E-state index in [9.17, 15) is 0 Å². The highest BCUT2D eigenvalue weighted by molar-refractivity contribution is 5.35. The molecule has 2 aliphatic rings. The van der Waals surface area contributed by atoms with Crippen molar-refractivity contribution in [2.45, 2.75) is 63.3 Å². The Balaban J connectivity index is 1.60. The van der Waals surface area contributed by atoms with Crippen molar-refractivity contribution < 1.29 is 4.74 Å². The minimum atomic E-state index is 0.0385. The molecule has 0 radical (unpaired) electrons. The molecule has 2 nitrogen and oxygen atoms in total. The van der Waals surface area contributed by atoms with E-state index in [1.807, 2.05) is 0 Å². The summed E-state index contributed by atoms with van der Waals surface area (Å²) in [6, 6.07) is 20.8. The smallest absolute Gasteiger partial charge is 0.108 e. The minimum Gasteiger partial charge on any atom is -0.365 e. The minimum absolute atomic E-state index is 0.0385. The van der Waals surface area contributed by atoms with Crippen LogP contribution in [-0.4, -0.2) is 30.1 Å². The first kappa shape index (κ1) is 16.8. The van der Waals surface area contributed by atoms with Crippen molar-refractivity contribution in [3.05, 3.63) is 71.3 Å². The Morgan fingerprint density at radius 1 is 0.920 bits per heavy atom. The van der Waals surface area contributed by atoms with Gasteiger partial charge in [0.2, 0.25) is 0 Å². The first-order valence-corrected chi connectivity index (χ1v) is 9.70. The highest BCUT2D eigenvalue weighted by Gasteiger charge is 2.37. The summed E-state index contributed by atoms with van der Waals surface area (Å²) in [7, 11) is 2.31. The van der Waals surface area contributed by atoms with Crippen LogP contribution >= 0.6 is 0 Å². The second-order valence-corrected chi connectivity index (χ2v) is 7.78. The van der Waals surface area contributed by atoms with Crippen LogP contribution in [0.3, 0.4) is 0 Å². The van der Waals surface area contributed by atoms with Crippen molar-refractivity contribution in [3.8, 4) is 0 Å². The molecule has 0 spiro atoms. The molecule has 132 valence electrons. The lowest BCUT2D eigenvalue weighted by atomic mass is 9.83. The Morgan fingerprint density at radius 2 is 1.56 bits per heavy atom. The highest BCUT2D eigenvalue weighted by atomic mass is 16.5. The Hall–Kier alpha value is -1.64. The van der Waals surface area contributed by atoms with E-state index in [0.717, 1.165) is 0 Å². The maximum absolute atomic E-state index is 6.80.